The van der Waals surface area contributed by atoms with Gasteiger partial charge in [-0.25, -0.2) is 19.2 Å². The summed E-state index contributed by atoms with van der Waals surface area (Å²) in [5, 5.41) is 28.7. The molecule has 4 fully saturated rings. The van der Waals surface area contributed by atoms with Crippen LogP contribution in [0.15, 0.2) is 300 Å². The fourth-order valence-electron chi connectivity index (χ4n) is 11.3. The Hall–Kier alpha value is -9.64. The van der Waals surface area contributed by atoms with E-state index in [1.54, 1.807) is 40.0 Å². The fourth-order valence-corrected chi connectivity index (χ4v) is 11.8. The van der Waals surface area contributed by atoms with Crippen molar-refractivity contribution >= 4 is 114 Å². The molecule has 0 aromatic heterocycles. The van der Waals surface area contributed by atoms with Crippen molar-refractivity contribution in [1.29, 1.82) is 0 Å². The highest BCUT2D eigenvalue weighted by atomic mass is 79.9. The number of aliphatic carboxylic acids is 2. The van der Waals surface area contributed by atoms with Crippen LogP contribution in [0, 0.1) is 0 Å². The van der Waals surface area contributed by atoms with Crippen molar-refractivity contribution in [2.75, 3.05) is 78.1 Å². The largest absolute Gasteiger partial charge is 0.480 e. The first kappa shape index (κ1) is 109. The number of rotatable bonds is 30. The van der Waals surface area contributed by atoms with Crippen LogP contribution in [0.5, 0.6) is 0 Å². The minimum absolute atomic E-state index is 0.0503. The number of epoxide rings is 4. The summed E-state index contributed by atoms with van der Waals surface area (Å²) in [7, 11) is -3.28. The number of alkyl carbamates (subject to hydrolysis) is 4. The summed E-state index contributed by atoms with van der Waals surface area (Å²) in [6.45, 7) is 14.3. The molecular formula is C98H120Br4N6O18P2. The number of benzene rings is 10. The van der Waals surface area contributed by atoms with Crippen LogP contribution in [0.3, 0.4) is 0 Å². The van der Waals surface area contributed by atoms with Gasteiger partial charge in [0.25, 0.3) is 0 Å². The first-order chi connectivity index (χ1) is 61.4. The quantitative estimate of drug-likeness (QED) is 0.00897. The van der Waals surface area contributed by atoms with Gasteiger partial charge in [0.2, 0.25) is 0 Å². The van der Waals surface area contributed by atoms with Gasteiger partial charge in [-0.3, -0.25) is 9.59 Å². The number of carboxylic acids is 2. The van der Waals surface area contributed by atoms with Crippen LogP contribution in [0.4, 0.5) is 19.2 Å². The number of carboxylic acid groups (broad SMARTS) is 2. The third-order valence-electron chi connectivity index (χ3n) is 17.9. The summed E-state index contributed by atoms with van der Waals surface area (Å²) in [5.74, 6) is 1.70. The second-order valence-electron chi connectivity index (χ2n) is 30.8. The van der Waals surface area contributed by atoms with Gasteiger partial charge < -0.3 is 90.0 Å². The van der Waals surface area contributed by atoms with E-state index >= 15 is 0 Å². The lowest BCUT2D eigenvalue weighted by Gasteiger charge is -2.17. The van der Waals surface area contributed by atoms with E-state index in [-0.39, 0.29) is 75.0 Å². The Bertz CT molecular complexity index is 4530. The van der Waals surface area contributed by atoms with Crippen LogP contribution in [-0.4, -0.2) is 185 Å². The molecule has 0 aliphatic carbocycles. The number of hydrogen-bond acceptors (Lipinski definition) is 18. The van der Waals surface area contributed by atoms with Gasteiger partial charge in [0.1, 0.15) is 62.9 Å². The topological polar surface area (TPSA) is 364 Å². The first-order valence-electron chi connectivity index (χ1n) is 41.2. The normalized spacial score (nSPS) is 15.6. The van der Waals surface area contributed by atoms with Crippen molar-refractivity contribution in [1.82, 2.24) is 21.3 Å². The SMILES string of the molecule is CBr.CBr.CP(C)(C)=O.CP(C)(C)=O.N[C@@H](Cc1ccc(Br)cc1)C(=O)O.N[C@@H](Cc1ccccc1)C(=O)O.O=C(N[C@@H](Cc1ccc(Br)cc1)[C@H]1CO1)OCc1ccccc1.O=C(N[C@@H](Cc1ccccc1)[C@H]1CO1)OCc1ccccc1.O=C(N[C@@H](Cc1ccccc1)[C@H]1CO1)OCc1ccccc1.O=C(N[C@@H](Cc1ccccc1)[C@H]1CO1)OCc1ccccc1. The van der Waals surface area contributed by atoms with Crippen molar-refractivity contribution in [3.8, 4) is 0 Å². The zero-order valence-corrected chi connectivity index (χ0v) is 81.5. The van der Waals surface area contributed by atoms with Crippen molar-refractivity contribution < 1.29 is 86.0 Å². The van der Waals surface area contributed by atoms with E-state index in [9.17, 15) is 37.9 Å². The Balaban J connectivity index is 0.000000267. The minimum Gasteiger partial charge on any atom is -0.480 e. The second kappa shape index (κ2) is 61.8. The van der Waals surface area contributed by atoms with Crippen LogP contribution in [0.2, 0.25) is 0 Å². The van der Waals surface area contributed by atoms with E-state index in [2.05, 4.69) is 85.0 Å². The summed E-state index contributed by atoms with van der Waals surface area (Å²) in [6, 6.07) is 91.7. The van der Waals surface area contributed by atoms with Crippen LogP contribution in [-0.2, 0) is 122 Å². The monoisotopic (exact) mass is 2050 g/mol. The number of carbonyl (C=O) groups is 6. The summed E-state index contributed by atoms with van der Waals surface area (Å²) < 4.78 is 64.9. The number of alkyl halides is 2. The molecule has 10 aromatic carbocycles. The zero-order valence-electron chi connectivity index (χ0n) is 73.4. The molecule has 0 spiro atoms. The number of amides is 4. The van der Waals surface area contributed by atoms with Crippen LogP contribution < -0.4 is 32.7 Å². The van der Waals surface area contributed by atoms with E-state index in [1.165, 1.54) is 16.7 Å². The van der Waals surface area contributed by atoms with Gasteiger partial charge in [-0.15, -0.1) is 0 Å². The number of halogens is 4. The predicted molar refractivity (Wildman–Crippen MR) is 521 cm³/mol. The number of nitrogens with two attached hydrogens (primary N) is 2. The lowest BCUT2D eigenvalue weighted by molar-refractivity contribution is -0.139. The third kappa shape index (κ3) is 53.4. The maximum absolute atomic E-state index is 12.0. The van der Waals surface area contributed by atoms with Crippen molar-refractivity contribution in [3.63, 3.8) is 0 Å². The molecule has 24 nitrogen and oxygen atoms in total. The number of nitrogens with one attached hydrogen (secondary N) is 4. The van der Waals surface area contributed by atoms with Crippen molar-refractivity contribution in [3.05, 3.63) is 356 Å². The summed E-state index contributed by atoms with van der Waals surface area (Å²) >= 11 is 12.6. The minimum atomic E-state index is -1.64. The Kier molecular flexibility index (Phi) is 52.6. The van der Waals surface area contributed by atoms with Crippen LogP contribution in [0.25, 0.3) is 0 Å². The fraction of sp³-hybridized carbons (Fsp3) is 0.327. The average Bonchev–Trinajstić information content (AvgIpc) is 1.73. The van der Waals surface area contributed by atoms with E-state index < -0.39 is 62.7 Å². The van der Waals surface area contributed by atoms with Crippen LogP contribution in [0.1, 0.15) is 55.6 Å². The predicted octanol–water partition coefficient (Wildman–Crippen LogP) is 19.0. The molecule has 4 amide bonds. The van der Waals surface area contributed by atoms with Gasteiger partial charge in [-0.05, 0) is 170 Å². The molecule has 688 valence electrons. The Morgan fingerprint density at radius 1 is 0.305 bits per heavy atom. The molecule has 14 rings (SSSR count). The lowest BCUT2D eigenvalue weighted by Crippen LogP contribution is -2.40. The Morgan fingerprint density at radius 3 is 0.617 bits per heavy atom. The molecule has 4 aliphatic rings. The molecule has 10 N–H and O–H groups in total. The molecule has 0 saturated carbocycles. The van der Waals surface area contributed by atoms with E-state index in [0.717, 1.165) is 73.6 Å². The smallest absolute Gasteiger partial charge is 0.407 e. The van der Waals surface area contributed by atoms with Crippen molar-refractivity contribution in [2.24, 2.45) is 11.5 Å². The van der Waals surface area contributed by atoms with Gasteiger partial charge in [-0.2, -0.15) is 0 Å². The van der Waals surface area contributed by atoms with E-state index in [0.29, 0.717) is 39.3 Å². The van der Waals surface area contributed by atoms with Gasteiger partial charge in [-0.1, -0.05) is 331 Å². The van der Waals surface area contributed by atoms with Crippen LogP contribution >= 0.6 is 78.0 Å². The molecule has 30 heteroatoms. The zero-order chi connectivity index (χ0) is 93.5. The molecule has 0 bridgehead atoms. The molecule has 4 aliphatic heterocycles. The molecule has 128 heavy (non-hydrogen) atoms. The molecular weight excluding hydrogens is 1930 g/mol. The molecule has 0 unspecified atom stereocenters. The maximum Gasteiger partial charge on any atom is 0.407 e. The van der Waals surface area contributed by atoms with E-state index in [4.69, 9.17) is 59.6 Å². The van der Waals surface area contributed by atoms with Gasteiger partial charge in [0.15, 0.2) is 0 Å². The highest BCUT2D eigenvalue weighted by molar-refractivity contribution is 9.11. The summed E-state index contributed by atoms with van der Waals surface area (Å²) in [5.41, 5.74) is 21.2. The molecule has 0 radical (unpaired) electrons. The molecule has 4 heterocycles. The molecule has 10 aromatic rings. The standard InChI is InChI=1S/C18H18BrNO3.3C18H19NO3.C9H10BrNO2.C9H11NO2.2C3H9OP.2CH3Br/c19-15-8-6-13(7-9-15)10-16(17-12-22-17)20-18(21)23-11-14-4-2-1-3-5-14;3*20-18(22-12-15-9-5-2-6-10-15)19-16(17-13-21-17)11-14-7-3-1-4-8-14;10-7-3-1-6(2-4-7)5-8(11)9(12)13;10-8(9(11)12)6-7-4-2-1-3-5-7;2*1-5(2,3)4;2*1-2/h1-9,16-17H,10-12H2,(H,20,21);3*1-10,16-17H,11-13H2,(H,19,20);1-4,8H,5,11H2,(H,12,13);1-5,8H,6,10H2,(H,11,12);2*1-3H3;2*1H3/t4*16-,17+;2*8-;;;;/m000000..../s1. The lowest BCUT2D eigenvalue weighted by atomic mass is 10.0. The highest BCUT2D eigenvalue weighted by Gasteiger charge is 2.37. The summed E-state index contributed by atoms with van der Waals surface area (Å²) in [6.07, 6.45) is 2.41. The number of carbonyl (C=O) groups excluding carboxylic acids is 4. The van der Waals surface area contributed by atoms with Crippen molar-refractivity contribution in [2.45, 2.75) is 126 Å². The number of hydrogen-bond donors (Lipinski definition) is 8. The average molecular weight is 2050 g/mol. The Morgan fingerprint density at radius 2 is 0.453 bits per heavy atom. The third-order valence-corrected chi connectivity index (χ3v) is 18.9. The Labute approximate surface area is 786 Å². The highest BCUT2D eigenvalue weighted by Crippen LogP contribution is 2.30. The van der Waals surface area contributed by atoms with E-state index in [1.807, 2.05) is 303 Å². The summed E-state index contributed by atoms with van der Waals surface area (Å²) in [4.78, 5) is 68.7. The number of ether oxygens (including phenoxy) is 8. The molecule has 4 saturated heterocycles. The second-order valence-corrected chi connectivity index (χ2v) is 40.2. The van der Waals surface area contributed by atoms with Gasteiger partial charge >= 0.3 is 36.3 Å². The molecule has 10 atom stereocenters. The maximum atomic E-state index is 12.0. The van der Waals surface area contributed by atoms with Gasteiger partial charge in [0.05, 0.1) is 64.9 Å². The van der Waals surface area contributed by atoms with Gasteiger partial charge in [0, 0.05) is 8.95 Å². The first-order valence-corrected chi connectivity index (χ1v) is 52.1.